The molecule has 0 aliphatic heterocycles. The standard InChI is InChI=1S/C19H13N3O3/c20-9-15-8-14(18-21-10-16(11-22-18)19(23)24)6-7-17(15)25-12-13-4-2-1-3-5-13/h1-8,10-11H,12H2,(H,23,24). The van der Waals surface area contributed by atoms with Gasteiger partial charge in [0.15, 0.2) is 5.82 Å². The second kappa shape index (κ2) is 7.23. The van der Waals surface area contributed by atoms with Gasteiger partial charge in [-0.05, 0) is 23.8 Å². The number of rotatable bonds is 5. The maximum Gasteiger partial charge on any atom is 0.338 e. The fourth-order valence-corrected chi connectivity index (χ4v) is 2.21. The number of nitrogens with zero attached hydrogens (tertiary/aromatic N) is 3. The first-order chi connectivity index (χ1) is 12.2. The lowest BCUT2D eigenvalue weighted by Crippen LogP contribution is -2.00. The van der Waals surface area contributed by atoms with Crippen molar-refractivity contribution in [2.24, 2.45) is 0 Å². The molecule has 1 heterocycles. The molecule has 0 spiro atoms. The molecule has 0 aliphatic carbocycles. The molecule has 0 saturated heterocycles. The molecule has 0 bridgehead atoms. The predicted molar refractivity (Wildman–Crippen MR) is 89.9 cm³/mol. The fraction of sp³-hybridized carbons (Fsp3) is 0.0526. The highest BCUT2D eigenvalue weighted by molar-refractivity contribution is 5.86. The molecule has 0 atom stereocenters. The molecule has 0 radical (unpaired) electrons. The lowest BCUT2D eigenvalue weighted by molar-refractivity contribution is 0.0696. The zero-order valence-corrected chi connectivity index (χ0v) is 13.1. The van der Waals surface area contributed by atoms with E-state index >= 15 is 0 Å². The molecule has 0 saturated carbocycles. The summed E-state index contributed by atoms with van der Waals surface area (Å²) < 4.78 is 5.71. The predicted octanol–water partition coefficient (Wildman–Crippen LogP) is 3.29. The van der Waals surface area contributed by atoms with Gasteiger partial charge >= 0.3 is 5.97 Å². The summed E-state index contributed by atoms with van der Waals surface area (Å²) in [5.41, 5.74) is 1.98. The second-order valence-electron chi connectivity index (χ2n) is 5.20. The summed E-state index contributed by atoms with van der Waals surface area (Å²) in [6.07, 6.45) is 2.47. The van der Waals surface area contributed by atoms with Crippen LogP contribution < -0.4 is 4.74 Å². The van der Waals surface area contributed by atoms with Crippen LogP contribution >= 0.6 is 0 Å². The molecule has 0 fully saturated rings. The lowest BCUT2D eigenvalue weighted by Gasteiger charge is -2.09. The van der Waals surface area contributed by atoms with Gasteiger partial charge in [0, 0.05) is 18.0 Å². The summed E-state index contributed by atoms with van der Waals surface area (Å²) in [5, 5.41) is 18.2. The fourth-order valence-electron chi connectivity index (χ4n) is 2.21. The summed E-state index contributed by atoms with van der Waals surface area (Å²) in [7, 11) is 0. The van der Waals surface area contributed by atoms with Crippen molar-refractivity contribution in [1.29, 1.82) is 5.26 Å². The first-order valence-electron chi connectivity index (χ1n) is 7.44. The molecule has 122 valence electrons. The third-order valence-corrected chi connectivity index (χ3v) is 3.49. The average molecular weight is 331 g/mol. The number of aromatic carboxylic acids is 1. The van der Waals surface area contributed by atoms with E-state index in [0.717, 1.165) is 5.56 Å². The first kappa shape index (κ1) is 16.1. The van der Waals surface area contributed by atoms with Crippen LogP contribution in [-0.2, 0) is 6.61 Å². The van der Waals surface area contributed by atoms with E-state index in [2.05, 4.69) is 16.0 Å². The van der Waals surface area contributed by atoms with Gasteiger partial charge in [0.25, 0.3) is 0 Å². The highest BCUT2D eigenvalue weighted by Crippen LogP contribution is 2.25. The van der Waals surface area contributed by atoms with Crippen molar-refractivity contribution in [3.8, 4) is 23.2 Å². The number of nitriles is 1. The van der Waals surface area contributed by atoms with Gasteiger partial charge in [-0.15, -0.1) is 0 Å². The number of aromatic nitrogens is 2. The summed E-state index contributed by atoms with van der Waals surface area (Å²) in [5.74, 6) is -0.276. The van der Waals surface area contributed by atoms with Gasteiger partial charge in [0.1, 0.15) is 18.4 Å². The molecule has 1 N–H and O–H groups in total. The van der Waals surface area contributed by atoms with Crippen molar-refractivity contribution < 1.29 is 14.6 Å². The second-order valence-corrected chi connectivity index (χ2v) is 5.20. The van der Waals surface area contributed by atoms with Crippen molar-refractivity contribution in [3.05, 3.63) is 77.6 Å². The Hall–Kier alpha value is -3.72. The van der Waals surface area contributed by atoms with Crippen LogP contribution in [0.25, 0.3) is 11.4 Å². The van der Waals surface area contributed by atoms with E-state index < -0.39 is 5.97 Å². The first-order valence-corrected chi connectivity index (χ1v) is 7.44. The SMILES string of the molecule is N#Cc1cc(-c2ncc(C(=O)O)cn2)ccc1OCc1ccccc1. The monoisotopic (exact) mass is 331 g/mol. The Morgan fingerprint density at radius 3 is 2.48 bits per heavy atom. The number of benzene rings is 2. The minimum absolute atomic E-state index is 0.00655. The van der Waals surface area contributed by atoms with Crippen LogP contribution in [0.3, 0.4) is 0 Å². The minimum atomic E-state index is -1.09. The van der Waals surface area contributed by atoms with Crippen LogP contribution in [-0.4, -0.2) is 21.0 Å². The number of carboxylic acid groups (broad SMARTS) is 1. The molecular weight excluding hydrogens is 318 g/mol. The Bertz CT molecular complexity index is 932. The summed E-state index contributed by atoms with van der Waals surface area (Å²) in [4.78, 5) is 18.9. The Morgan fingerprint density at radius 1 is 1.12 bits per heavy atom. The molecule has 0 unspecified atom stereocenters. The Balaban J connectivity index is 1.82. The number of ether oxygens (including phenoxy) is 1. The van der Waals surface area contributed by atoms with Crippen LogP contribution in [0.5, 0.6) is 5.75 Å². The Kier molecular flexibility index (Phi) is 4.67. The van der Waals surface area contributed by atoms with Crippen LogP contribution in [0.2, 0.25) is 0 Å². The van der Waals surface area contributed by atoms with E-state index in [-0.39, 0.29) is 5.56 Å². The number of carbonyl (C=O) groups is 1. The van der Waals surface area contributed by atoms with Gasteiger partial charge in [0.2, 0.25) is 0 Å². The number of hydrogen-bond donors (Lipinski definition) is 1. The third-order valence-electron chi connectivity index (χ3n) is 3.49. The van der Waals surface area contributed by atoms with E-state index in [1.54, 1.807) is 18.2 Å². The number of carboxylic acids is 1. The molecule has 3 aromatic rings. The zero-order valence-electron chi connectivity index (χ0n) is 13.1. The summed E-state index contributed by atoms with van der Waals surface area (Å²) in [6.45, 7) is 0.360. The van der Waals surface area contributed by atoms with Crippen LogP contribution in [0, 0.1) is 11.3 Å². The maximum atomic E-state index is 10.8. The highest BCUT2D eigenvalue weighted by atomic mass is 16.5. The third kappa shape index (κ3) is 3.79. The molecule has 1 aromatic heterocycles. The maximum absolute atomic E-state index is 10.8. The number of hydrogen-bond acceptors (Lipinski definition) is 5. The molecule has 3 rings (SSSR count). The van der Waals surface area contributed by atoms with E-state index in [0.29, 0.717) is 29.3 Å². The van der Waals surface area contributed by atoms with Gasteiger partial charge in [0.05, 0.1) is 11.1 Å². The topological polar surface area (TPSA) is 96.1 Å². The van der Waals surface area contributed by atoms with Gasteiger partial charge < -0.3 is 9.84 Å². The molecule has 6 nitrogen and oxygen atoms in total. The molecule has 0 amide bonds. The minimum Gasteiger partial charge on any atom is -0.488 e. The zero-order chi connectivity index (χ0) is 17.6. The van der Waals surface area contributed by atoms with E-state index in [9.17, 15) is 10.1 Å². The molecule has 6 heteroatoms. The van der Waals surface area contributed by atoms with E-state index in [1.165, 1.54) is 12.4 Å². The Labute approximate surface area is 144 Å². The molecular formula is C19H13N3O3. The van der Waals surface area contributed by atoms with Gasteiger partial charge in [-0.1, -0.05) is 30.3 Å². The summed E-state index contributed by atoms with van der Waals surface area (Å²) in [6, 6.07) is 16.8. The van der Waals surface area contributed by atoms with Crippen molar-refractivity contribution in [2.45, 2.75) is 6.61 Å². The highest BCUT2D eigenvalue weighted by Gasteiger charge is 2.10. The van der Waals surface area contributed by atoms with Crippen LogP contribution in [0.4, 0.5) is 0 Å². The Morgan fingerprint density at radius 2 is 1.84 bits per heavy atom. The normalized spacial score (nSPS) is 10.0. The van der Waals surface area contributed by atoms with E-state index in [1.807, 2.05) is 30.3 Å². The van der Waals surface area contributed by atoms with Gasteiger partial charge in [-0.3, -0.25) is 0 Å². The van der Waals surface area contributed by atoms with Crippen LogP contribution in [0.1, 0.15) is 21.5 Å². The lowest BCUT2D eigenvalue weighted by atomic mass is 10.1. The largest absolute Gasteiger partial charge is 0.488 e. The smallest absolute Gasteiger partial charge is 0.338 e. The van der Waals surface area contributed by atoms with Crippen molar-refractivity contribution in [2.75, 3.05) is 0 Å². The molecule has 0 aliphatic rings. The van der Waals surface area contributed by atoms with Crippen molar-refractivity contribution in [3.63, 3.8) is 0 Å². The van der Waals surface area contributed by atoms with Gasteiger partial charge in [-0.2, -0.15) is 5.26 Å². The molecule has 25 heavy (non-hydrogen) atoms. The summed E-state index contributed by atoms with van der Waals surface area (Å²) >= 11 is 0. The van der Waals surface area contributed by atoms with Gasteiger partial charge in [-0.25, -0.2) is 14.8 Å². The quantitative estimate of drug-likeness (QED) is 0.770. The van der Waals surface area contributed by atoms with E-state index in [4.69, 9.17) is 9.84 Å². The van der Waals surface area contributed by atoms with Crippen molar-refractivity contribution in [1.82, 2.24) is 9.97 Å². The average Bonchev–Trinajstić information content (AvgIpc) is 2.67. The van der Waals surface area contributed by atoms with Crippen molar-refractivity contribution >= 4 is 5.97 Å². The molecule has 2 aromatic carbocycles. The van der Waals surface area contributed by atoms with Crippen LogP contribution in [0.15, 0.2) is 60.9 Å².